The second-order valence-corrected chi connectivity index (χ2v) is 7.37. The Morgan fingerprint density at radius 2 is 1.87 bits per heavy atom. The average molecular weight is 330 g/mol. The SMILES string of the molecule is Cc1cc(N2CCCC2)ccc1/C=C1\SC(=O)N(C(C)C)C1=O. The van der Waals surface area contributed by atoms with Gasteiger partial charge in [-0.2, -0.15) is 0 Å². The molecule has 0 aliphatic carbocycles. The number of anilines is 1. The molecule has 2 heterocycles. The predicted molar refractivity (Wildman–Crippen MR) is 95.6 cm³/mol. The van der Waals surface area contributed by atoms with Crippen LogP contribution in [-0.4, -0.2) is 35.2 Å². The van der Waals surface area contributed by atoms with Crippen LogP contribution in [0.5, 0.6) is 0 Å². The van der Waals surface area contributed by atoms with E-state index in [0.717, 1.165) is 36.0 Å². The molecule has 2 aliphatic heterocycles. The number of nitrogens with zero attached hydrogens (tertiary/aromatic N) is 2. The summed E-state index contributed by atoms with van der Waals surface area (Å²) < 4.78 is 0. The maximum absolute atomic E-state index is 12.4. The highest BCUT2D eigenvalue weighted by molar-refractivity contribution is 8.18. The van der Waals surface area contributed by atoms with Gasteiger partial charge in [-0.1, -0.05) is 6.07 Å². The molecule has 122 valence electrons. The largest absolute Gasteiger partial charge is 0.372 e. The third kappa shape index (κ3) is 3.15. The minimum absolute atomic E-state index is 0.105. The molecular weight excluding hydrogens is 308 g/mol. The maximum Gasteiger partial charge on any atom is 0.293 e. The highest BCUT2D eigenvalue weighted by Crippen LogP contribution is 2.34. The fourth-order valence-corrected chi connectivity index (χ4v) is 4.01. The van der Waals surface area contributed by atoms with Crippen molar-refractivity contribution < 1.29 is 9.59 Å². The van der Waals surface area contributed by atoms with E-state index in [4.69, 9.17) is 0 Å². The minimum atomic E-state index is -0.182. The van der Waals surface area contributed by atoms with Gasteiger partial charge in [0.2, 0.25) is 0 Å². The predicted octanol–water partition coefficient (Wildman–Crippen LogP) is 4.04. The Morgan fingerprint density at radius 1 is 1.17 bits per heavy atom. The van der Waals surface area contributed by atoms with Gasteiger partial charge in [-0.25, -0.2) is 0 Å². The third-order valence-electron chi connectivity index (χ3n) is 4.35. The van der Waals surface area contributed by atoms with E-state index >= 15 is 0 Å². The molecule has 3 rings (SSSR count). The highest BCUT2D eigenvalue weighted by Gasteiger charge is 2.36. The van der Waals surface area contributed by atoms with Crippen LogP contribution in [0, 0.1) is 6.92 Å². The number of carbonyl (C=O) groups excluding carboxylic acids is 2. The Morgan fingerprint density at radius 3 is 2.43 bits per heavy atom. The number of carbonyl (C=O) groups is 2. The van der Waals surface area contributed by atoms with E-state index < -0.39 is 0 Å². The van der Waals surface area contributed by atoms with Crippen molar-refractivity contribution in [1.29, 1.82) is 0 Å². The van der Waals surface area contributed by atoms with Crippen LogP contribution >= 0.6 is 11.8 Å². The van der Waals surface area contributed by atoms with E-state index in [9.17, 15) is 9.59 Å². The summed E-state index contributed by atoms with van der Waals surface area (Å²) in [5.41, 5.74) is 3.38. The molecule has 0 N–H and O–H groups in total. The molecule has 2 saturated heterocycles. The Hall–Kier alpha value is -1.75. The van der Waals surface area contributed by atoms with Crippen LogP contribution in [0.4, 0.5) is 10.5 Å². The zero-order chi connectivity index (χ0) is 16.6. The van der Waals surface area contributed by atoms with Gasteiger partial charge in [0.25, 0.3) is 11.1 Å². The summed E-state index contributed by atoms with van der Waals surface area (Å²) in [5, 5.41) is -0.178. The summed E-state index contributed by atoms with van der Waals surface area (Å²) in [6.07, 6.45) is 4.35. The molecule has 0 saturated carbocycles. The van der Waals surface area contributed by atoms with Gasteiger partial charge >= 0.3 is 0 Å². The standard InChI is InChI=1S/C18H22N2O2S/c1-12(2)20-17(21)16(23-18(20)22)11-14-6-7-15(10-13(14)3)19-8-4-5-9-19/h6-7,10-12H,4-5,8-9H2,1-3H3/b16-11-. The van der Waals surface area contributed by atoms with Crippen molar-refractivity contribution in [3.05, 3.63) is 34.2 Å². The van der Waals surface area contributed by atoms with E-state index in [-0.39, 0.29) is 17.2 Å². The summed E-state index contributed by atoms with van der Waals surface area (Å²) >= 11 is 1.03. The van der Waals surface area contributed by atoms with Crippen LogP contribution in [0.1, 0.15) is 37.8 Å². The molecule has 1 aromatic carbocycles. The lowest BCUT2D eigenvalue weighted by molar-refractivity contribution is -0.123. The lowest BCUT2D eigenvalue weighted by Crippen LogP contribution is -2.34. The first-order chi connectivity index (χ1) is 11.0. The Labute approximate surface area is 141 Å². The highest BCUT2D eigenvalue weighted by atomic mass is 32.2. The minimum Gasteiger partial charge on any atom is -0.372 e. The molecular formula is C18H22N2O2S. The molecule has 5 heteroatoms. The molecule has 0 spiro atoms. The number of benzene rings is 1. The van der Waals surface area contributed by atoms with Crippen LogP contribution in [0.15, 0.2) is 23.1 Å². The molecule has 0 unspecified atom stereocenters. The summed E-state index contributed by atoms with van der Waals surface area (Å²) in [6.45, 7) is 8.00. The first-order valence-corrected chi connectivity index (χ1v) is 8.91. The Balaban J connectivity index is 1.85. The van der Waals surface area contributed by atoms with Gasteiger partial charge in [-0.05, 0) is 74.7 Å². The molecule has 0 bridgehead atoms. The zero-order valence-electron chi connectivity index (χ0n) is 13.8. The van der Waals surface area contributed by atoms with Gasteiger partial charge < -0.3 is 4.90 Å². The first-order valence-electron chi connectivity index (χ1n) is 8.10. The number of imide groups is 1. The van der Waals surface area contributed by atoms with Crippen molar-refractivity contribution >= 4 is 34.7 Å². The van der Waals surface area contributed by atoms with Gasteiger partial charge in [0, 0.05) is 24.8 Å². The molecule has 0 atom stereocenters. The van der Waals surface area contributed by atoms with Crippen LogP contribution in [-0.2, 0) is 4.79 Å². The van der Waals surface area contributed by atoms with Crippen molar-refractivity contribution in [3.63, 3.8) is 0 Å². The number of hydrogen-bond acceptors (Lipinski definition) is 4. The molecule has 23 heavy (non-hydrogen) atoms. The van der Waals surface area contributed by atoms with Crippen molar-refractivity contribution in [2.24, 2.45) is 0 Å². The molecule has 2 aliphatic rings. The van der Waals surface area contributed by atoms with Crippen molar-refractivity contribution in [2.75, 3.05) is 18.0 Å². The van der Waals surface area contributed by atoms with Crippen LogP contribution < -0.4 is 4.90 Å². The van der Waals surface area contributed by atoms with Gasteiger partial charge in [0.05, 0.1) is 4.91 Å². The number of aryl methyl sites for hydroxylation is 1. The van der Waals surface area contributed by atoms with Crippen molar-refractivity contribution in [1.82, 2.24) is 4.90 Å². The monoisotopic (exact) mass is 330 g/mol. The lowest BCUT2D eigenvalue weighted by atomic mass is 10.1. The van der Waals surface area contributed by atoms with E-state index in [1.165, 1.54) is 23.4 Å². The van der Waals surface area contributed by atoms with Gasteiger partial charge in [-0.3, -0.25) is 14.5 Å². The summed E-state index contributed by atoms with van der Waals surface area (Å²) in [4.78, 5) is 28.5. The molecule has 1 aromatic rings. The summed E-state index contributed by atoms with van der Waals surface area (Å²) in [7, 11) is 0. The van der Waals surface area contributed by atoms with Crippen molar-refractivity contribution in [2.45, 2.75) is 39.7 Å². The van der Waals surface area contributed by atoms with Crippen LogP contribution in [0.3, 0.4) is 0 Å². The van der Waals surface area contributed by atoms with Crippen LogP contribution in [0.2, 0.25) is 0 Å². The topological polar surface area (TPSA) is 40.6 Å². The second kappa shape index (κ2) is 6.40. The van der Waals surface area contributed by atoms with E-state index in [1.807, 2.05) is 26.0 Å². The number of thioether (sulfide) groups is 1. The number of amides is 2. The lowest BCUT2D eigenvalue weighted by Gasteiger charge is -2.18. The molecule has 2 fully saturated rings. The van der Waals surface area contributed by atoms with Gasteiger partial charge in [-0.15, -0.1) is 0 Å². The quantitative estimate of drug-likeness (QED) is 0.784. The smallest absolute Gasteiger partial charge is 0.293 e. The molecule has 4 nitrogen and oxygen atoms in total. The first kappa shape index (κ1) is 16.1. The zero-order valence-corrected chi connectivity index (χ0v) is 14.7. The fourth-order valence-electron chi connectivity index (χ4n) is 3.06. The van der Waals surface area contributed by atoms with Gasteiger partial charge in [0.1, 0.15) is 0 Å². The molecule has 0 aromatic heterocycles. The normalized spacial score (nSPS) is 20.4. The van der Waals surface area contributed by atoms with Crippen molar-refractivity contribution in [3.8, 4) is 0 Å². The van der Waals surface area contributed by atoms with Crippen LogP contribution in [0.25, 0.3) is 6.08 Å². The number of rotatable bonds is 3. The summed E-state index contributed by atoms with van der Waals surface area (Å²) in [5.74, 6) is -0.182. The average Bonchev–Trinajstić information content (AvgIpc) is 3.10. The number of hydrogen-bond donors (Lipinski definition) is 0. The Bertz CT molecular complexity index is 676. The van der Waals surface area contributed by atoms with E-state index in [2.05, 4.69) is 24.0 Å². The fraction of sp³-hybridized carbons (Fsp3) is 0.444. The second-order valence-electron chi connectivity index (χ2n) is 6.38. The molecule has 2 amide bonds. The van der Waals surface area contributed by atoms with E-state index in [1.54, 1.807) is 0 Å². The van der Waals surface area contributed by atoms with E-state index in [0.29, 0.717) is 4.91 Å². The van der Waals surface area contributed by atoms with Gasteiger partial charge in [0.15, 0.2) is 0 Å². The third-order valence-corrected chi connectivity index (χ3v) is 5.23. The molecule has 0 radical (unpaired) electrons. The maximum atomic E-state index is 12.4. The summed E-state index contributed by atoms with van der Waals surface area (Å²) in [6, 6.07) is 6.22. The Kier molecular flexibility index (Phi) is 4.48.